The van der Waals surface area contributed by atoms with E-state index in [-0.39, 0.29) is 0 Å². The van der Waals surface area contributed by atoms with Gasteiger partial charge in [0.05, 0.1) is 5.69 Å². The van der Waals surface area contributed by atoms with Crippen molar-refractivity contribution in [1.29, 1.82) is 0 Å². The number of hydrogen-bond donors (Lipinski definition) is 1. The number of anilines is 1. The predicted octanol–water partition coefficient (Wildman–Crippen LogP) is 2.28. The molecule has 1 N–H and O–H groups in total. The normalized spacial score (nSPS) is 10.2. The lowest BCUT2D eigenvalue weighted by atomic mass is 10.1. The molecule has 4 nitrogen and oxygen atoms in total. The van der Waals surface area contributed by atoms with Gasteiger partial charge in [-0.1, -0.05) is 13.0 Å². The fourth-order valence-electron chi connectivity index (χ4n) is 1.56. The molecular formula is C13H16N4. The first-order valence-electron chi connectivity index (χ1n) is 5.82. The minimum Gasteiger partial charge on any atom is -0.370 e. The predicted molar refractivity (Wildman–Crippen MR) is 67.9 cm³/mol. The van der Waals surface area contributed by atoms with Crippen molar-refractivity contribution in [2.24, 2.45) is 0 Å². The summed E-state index contributed by atoms with van der Waals surface area (Å²) in [7, 11) is 0. The van der Waals surface area contributed by atoms with Crippen molar-refractivity contribution in [3.63, 3.8) is 0 Å². The van der Waals surface area contributed by atoms with Gasteiger partial charge in [-0.15, -0.1) is 0 Å². The third-order valence-electron chi connectivity index (χ3n) is 2.39. The molecule has 4 heteroatoms. The maximum absolute atomic E-state index is 4.26. The molecule has 0 radical (unpaired) electrons. The Morgan fingerprint density at radius 2 is 2.24 bits per heavy atom. The Kier molecular flexibility index (Phi) is 4.02. The SMILES string of the molecule is CCCNc1cc(Cc2cccnc2)ncn1. The van der Waals surface area contributed by atoms with Gasteiger partial charge in [-0.3, -0.25) is 4.98 Å². The highest BCUT2D eigenvalue weighted by Gasteiger charge is 2.00. The van der Waals surface area contributed by atoms with Gasteiger partial charge in [0.2, 0.25) is 0 Å². The number of aromatic nitrogens is 3. The Balaban J connectivity index is 2.06. The lowest BCUT2D eigenvalue weighted by Gasteiger charge is -2.05. The largest absolute Gasteiger partial charge is 0.370 e. The first kappa shape index (κ1) is 11.5. The monoisotopic (exact) mass is 228 g/mol. The summed E-state index contributed by atoms with van der Waals surface area (Å²) in [5.41, 5.74) is 2.17. The molecule has 0 amide bonds. The molecule has 2 heterocycles. The fourth-order valence-corrected chi connectivity index (χ4v) is 1.56. The molecule has 0 aliphatic carbocycles. The molecular weight excluding hydrogens is 212 g/mol. The van der Waals surface area contributed by atoms with Crippen LogP contribution in [0.1, 0.15) is 24.6 Å². The zero-order valence-electron chi connectivity index (χ0n) is 9.93. The summed E-state index contributed by atoms with van der Waals surface area (Å²) < 4.78 is 0. The minimum absolute atomic E-state index is 0.789. The smallest absolute Gasteiger partial charge is 0.129 e. The number of nitrogens with zero attached hydrogens (tertiary/aromatic N) is 3. The van der Waals surface area contributed by atoms with E-state index in [0.29, 0.717) is 0 Å². The summed E-state index contributed by atoms with van der Waals surface area (Å²) in [6.45, 7) is 3.06. The quantitative estimate of drug-likeness (QED) is 0.853. The third-order valence-corrected chi connectivity index (χ3v) is 2.39. The Morgan fingerprint density at radius 3 is 3.00 bits per heavy atom. The van der Waals surface area contributed by atoms with Crippen LogP contribution in [0.15, 0.2) is 36.9 Å². The highest BCUT2D eigenvalue weighted by atomic mass is 15.0. The van der Waals surface area contributed by atoms with E-state index in [1.165, 1.54) is 0 Å². The third kappa shape index (κ3) is 3.52. The molecule has 17 heavy (non-hydrogen) atoms. The van der Waals surface area contributed by atoms with E-state index in [1.54, 1.807) is 12.5 Å². The summed E-state index contributed by atoms with van der Waals surface area (Å²) in [6.07, 6.45) is 7.11. The van der Waals surface area contributed by atoms with Crippen molar-refractivity contribution in [3.05, 3.63) is 48.2 Å². The van der Waals surface area contributed by atoms with E-state index in [0.717, 1.165) is 36.5 Å². The second-order valence-electron chi connectivity index (χ2n) is 3.86. The molecule has 0 atom stereocenters. The summed E-state index contributed by atoms with van der Waals surface area (Å²) in [5, 5.41) is 3.25. The van der Waals surface area contributed by atoms with Gasteiger partial charge in [0, 0.05) is 31.4 Å². The van der Waals surface area contributed by atoms with Crippen LogP contribution in [0.2, 0.25) is 0 Å². The minimum atomic E-state index is 0.789. The summed E-state index contributed by atoms with van der Waals surface area (Å²) in [5.74, 6) is 0.890. The lowest BCUT2D eigenvalue weighted by molar-refractivity contribution is 0.953. The van der Waals surface area contributed by atoms with Crippen molar-refractivity contribution < 1.29 is 0 Å². The van der Waals surface area contributed by atoms with Crippen LogP contribution in [-0.4, -0.2) is 21.5 Å². The van der Waals surface area contributed by atoms with Crippen LogP contribution in [0.4, 0.5) is 5.82 Å². The highest BCUT2D eigenvalue weighted by molar-refractivity contribution is 5.35. The van der Waals surface area contributed by atoms with Gasteiger partial charge in [0.1, 0.15) is 12.1 Å². The molecule has 0 saturated carbocycles. The molecule has 0 unspecified atom stereocenters. The van der Waals surface area contributed by atoms with Crippen LogP contribution in [0.25, 0.3) is 0 Å². The number of pyridine rings is 1. The number of rotatable bonds is 5. The Morgan fingerprint density at radius 1 is 1.29 bits per heavy atom. The Hall–Kier alpha value is -1.97. The van der Waals surface area contributed by atoms with Gasteiger partial charge in [-0.2, -0.15) is 0 Å². The molecule has 0 saturated heterocycles. The van der Waals surface area contributed by atoms with E-state index in [4.69, 9.17) is 0 Å². The standard InChI is InChI=1S/C13H16N4/c1-2-5-15-13-8-12(16-10-17-13)7-11-4-3-6-14-9-11/h3-4,6,8-10H,2,5,7H2,1H3,(H,15,16,17). The van der Waals surface area contributed by atoms with Crippen LogP contribution in [-0.2, 0) is 6.42 Å². The molecule has 2 aromatic heterocycles. The average Bonchev–Trinajstić information content (AvgIpc) is 2.38. The van der Waals surface area contributed by atoms with E-state index >= 15 is 0 Å². The van der Waals surface area contributed by atoms with Crippen LogP contribution in [0.3, 0.4) is 0 Å². The molecule has 0 aliphatic heterocycles. The van der Waals surface area contributed by atoms with Gasteiger partial charge in [-0.25, -0.2) is 9.97 Å². The van der Waals surface area contributed by atoms with Gasteiger partial charge in [-0.05, 0) is 18.1 Å². The van der Waals surface area contributed by atoms with Gasteiger partial charge in [0.15, 0.2) is 0 Å². The van der Waals surface area contributed by atoms with Crippen molar-refractivity contribution in [1.82, 2.24) is 15.0 Å². The Bertz CT molecular complexity index is 456. The number of nitrogens with one attached hydrogen (secondary N) is 1. The molecule has 0 fully saturated rings. The van der Waals surface area contributed by atoms with Crippen molar-refractivity contribution in [2.75, 3.05) is 11.9 Å². The first-order valence-corrected chi connectivity index (χ1v) is 5.82. The highest BCUT2D eigenvalue weighted by Crippen LogP contribution is 2.09. The second kappa shape index (κ2) is 5.94. The molecule has 0 spiro atoms. The second-order valence-corrected chi connectivity index (χ2v) is 3.86. The van der Waals surface area contributed by atoms with E-state index in [9.17, 15) is 0 Å². The summed E-state index contributed by atoms with van der Waals surface area (Å²) in [6, 6.07) is 5.98. The number of hydrogen-bond acceptors (Lipinski definition) is 4. The lowest BCUT2D eigenvalue weighted by Crippen LogP contribution is -2.03. The van der Waals surface area contributed by atoms with Crippen molar-refractivity contribution in [3.8, 4) is 0 Å². The summed E-state index contributed by atoms with van der Waals surface area (Å²) >= 11 is 0. The molecule has 0 aliphatic rings. The molecule has 88 valence electrons. The maximum atomic E-state index is 4.26. The zero-order chi connectivity index (χ0) is 11.9. The maximum Gasteiger partial charge on any atom is 0.129 e. The van der Waals surface area contributed by atoms with Crippen LogP contribution in [0.5, 0.6) is 0 Å². The van der Waals surface area contributed by atoms with Crippen molar-refractivity contribution in [2.45, 2.75) is 19.8 Å². The van der Waals surface area contributed by atoms with Gasteiger partial charge in [0.25, 0.3) is 0 Å². The first-order chi connectivity index (χ1) is 8.38. The van der Waals surface area contributed by atoms with Crippen molar-refractivity contribution >= 4 is 5.82 Å². The zero-order valence-corrected chi connectivity index (χ0v) is 9.93. The van der Waals surface area contributed by atoms with Crippen LogP contribution in [0, 0.1) is 0 Å². The topological polar surface area (TPSA) is 50.7 Å². The van der Waals surface area contributed by atoms with Crippen LogP contribution >= 0.6 is 0 Å². The van der Waals surface area contributed by atoms with Gasteiger partial charge >= 0.3 is 0 Å². The molecule has 2 rings (SSSR count). The van der Waals surface area contributed by atoms with E-state index < -0.39 is 0 Å². The van der Waals surface area contributed by atoms with Gasteiger partial charge < -0.3 is 5.32 Å². The molecule has 2 aromatic rings. The molecule has 0 bridgehead atoms. The van der Waals surface area contributed by atoms with E-state index in [2.05, 4.69) is 27.2 Å². The summed E-state index contributed by atoms with van der Waals surface area (Å²) in [4.78, 5) is 12.5. The molecule has 0 aromatic carbocycles. The van der Waals surface area contributed by atoms with E-state index in [1.807, 2.05) is 24.4 Å². The van der Waals surface area contributed by atoms with Crippen LogP contribution < -0.4 is 5.32 Å². The fraction of sp³-hybridized carbons (Fsp3) is 0.308. The Labute approximate surface area is 101 Å². The average molecular weight is 228 g/mol.